The highest BCUT2D eigenvalue weighted by Crippen LogP contribution is 2.15. The first-order valence-electron chi connectivity index (χ1n) is 5.65. The molecule has 0 fully saturated rings. The van der Waals surface area contributed by atoms with E-state index in [1.807, 2.05) is 0 Å². The van der Waals surface area contributed by atoms with Crippen LogP contribution in [0.1, 0.15) is 33.1 Å². The minimum absolute atomic E-state index is 0.125. The minimum atomic E-state index is -0.899. The van der Waals surface area contributed by atoms with Gasteiger partial charge >= 0.3 is 5.97 Å². The van der Waals surface area contributed by atoms with Crippen molar-refractivity contribution in [2.24, 2.45) is 5.92 Å². The first-order valence-corrected chi connectivity index (χ1v) is 5.65. The number of aliphatic hydroxyl groups excluding tert-OH is 2. The number of rotatable bonds is 8. The van der Waals surface area contributed by atoms with Crippen LogP contribution in [0.3, 0.4) is 0 Å². The molecule has 0 aromatic rings. The van der Waals surface area contributed by atoms with E-state index in [9.17, 15) is 15.0 Å². The van der Waals surface area contributed by atoms with E-state index in [0.29, 0.717) is 19.4 Å². The Balaban J connectivity index is 4.00. The highest BCUT2D eigenvalue weighted by Gasteiger charge is 2.24. The summed E-state index contributed by atoms with van der Waals surface area (Å²) in [5.74, 6) is -0.649. The first-order chi connectivity index (χ1) is 7.52. The van der Waals surface area contributed by atoms with Crippen molar-refractivity contribution in [3.8, 4) is 0 Å². The number of aliphatic hydroxyl groups is 2. The second-order valence-electron chi connectivity index (χ2n) is 3.91. The molecule has 0 aromatic carbocycles. The van der Waals surface area contributed by atoms with Gasteiger partial charge in [0.25, 0.3) is 0 Å². The van der Waals surface area contributed by atoms with Crippen molar-refractivity contribution in [3.63, 3.8) is 0 Å². The Morgan fingerprint density at radius 2 is 2.12 bits per heavy atom. The number of ether oxygens (including phenoxy) is 1. The van der Waals surface area contributed by atoms with Gasteiger partial charge in [0, 0.05) is 0 Å². The first kappa shape index (κ1) is 15.1. The summed E-state index contributed by atoms with van der Waals surface area (Å²) >= 11 is 0. The Labute approximate surface area is 96.9 Å². The zero-order valence-electron chi connectivity index (χ0n) is 10.1. The van der Waals surface area contributed by atoms with Gasteiger partial charge in [-0.1, -0.05) is 13.0 Å². The monoisotopic (exact) mass is 230 g/mol. The molecular formula is C12H22O4. The molecule has 0 saturated heterocycles. The molecule has 0 saturated carbocycles. The summed E-state index contributed by atoms with van der Waals surface area (Å²) in [6.07, 6.45) is 1.20. The van der Waals surface area contributed by atoms with Crippen LogP contribution >= 0.6 is 0 Å². The lowest BCUT2D eigenvalue weighted by atomic mass is 9.94. The molecule has 0 heterocycles. The molecular weight excluding hydrogens is 208 g/mol. The van der Waals surface area contributed by atoms with Crippen LogP contribution in [0, 0.1) is 5.92 Å². The number of esters is 1. The van der Waals surface area contributed by atoms with Crippen LogP contribution in [-0.4, -0.2) is 35.0 Å². The van der Waals surface area contributed by atoms with Gasteiger partial charge in [0.2, 0.25) is 0 Å². The summed E-state index contributed by atoms with van der Waals surface area (Å²) in [6.45, 7) is 7.33. The molecule has 16 heavy (non-hydrogen) atoms. The van der Waals surface area contributed by atoms with Gasteiger partial charge in [-0.2, -0.15) is 0 Å². The van der Waals surface area contributed by atoms with Crippen LogP contribution < -0.4 is 0 Å². The van der Waals surface area contributed by atoms with Crippen molar-refractivity contribution in [1.29, 1.82) is 0 Å². The Kier molecular flexibility index (Phi) is 7.85. The minimum Gasteiger partial charge on any atom is -0.466 e. The lowest BCUT2D eigenvalue weighted by Crippen LogP contribution is -2.33. The number of carbonyl (C=O) groups excluding carboxylic acids is 1. The van der Waals surface area contributed by atoms with Crippen LogP contribution in [0.2, 0.25) is 0 Å². The van der Waals surface area contributed by atoms with E-state index in [1.165, 1.54) is 0 Å². The summed E-state index contributed by atoms with van der Waals surface area (Å²) in [5, 5.41) is 19.3. The Morgan fingerprint density at radius 1 is 1.50 bits per heavy atom. The summed E-state index contributed by atoms with van der Waals surface area (Å²) in [7, 11) is 0. The van der Waals surface area contributed by atoms with Gasteiger partial charge in [-0.05, 0) is 25.7 Å². The Bertz CT molecular complexity index is 215. The van der Waals surface area contributed by atoms with E-state index in [2.05, 4.69) is 6.58 Å². The molecule has 0 aliphatic heterocycles. The fraction of sp³-hybridized carbons (Fsp3) is 0.750. The quantitative estimate of drug-likeness (QED) is 0.486. The highest BCUT2D eigenvalue weighted by molar-refractivity contribution is 5.69. The normalized spacial score (nSPS) is 16.2. The SMILES string of the molecule is C=CCCC(O)C(O)C(C)CC(=O)OCC. The van der Waals surface area contributed by atoms with Gasteiger partial charge in [0.15, 0.2) is 0 Å². The van der Waals surface area contributed by atoms with Crippen LogP contribution in [0.5, 0.6) is 0 Å². The predicted molar refractivity (Wildman–Crippen MR) is 61.9 cm³/mol. The van der Waals surface area contributed by atoms with Crippen molar-refractivity contribution in [3.05, 3.63) is 12.7 Å². The lowest BCUT2D eigenvalue weighted by molar-refractivity contribution is -0.145. The average Bonchev–Trinajstić information content (AvgIpc) is 2.24. The molecule has 2 N–H and O–H groups in total. The second-order valence-corrected chi connectivity index (χ2v) is 3.91. The third kappa shape index (κ3) is 5.88. The third-order valence-corrected chi connectivity index (χ3v) is 2.44. The number of hydrogen-bond donors (Lipinski definition) is 2. The fourth-order valence-electron chi connectivity index (χ4n) is 1.44. The molecule has 0 aliphatic rings. The van der Waals surface area contributed by atoms with E-state index < -0.39 is 12.2 Å². The molecule has 0 bridgehead atoms. The molecule has 0 spiro atoms. The van der Waals surface area contributed by atoms with E-state index in [4.69, 9.17) is 4.74 Å². The number of allylic oxidation sites excluding steroid dienone is 1. The lowest BCUT2D eigenvalue weighted by Gasteiger charge is -2.22. The van der Waals surface area contributed by atoms with E-state index in [-0.39, 0.29) is 18.3 Å². The zero-order chi connectivity index (χ0) is 12.6. The van der Waals surface area contributed by atoms with E-state index >= 15 is 0 Å². The zero-order valence-corrected chi connectivity index (χ0v) is 10.1. The molecule has 4 nitrogen and oxygen atoms in total. The van der Waals surface area contributed by atoms with Crippen LogP contribution in [0.25, 0.3) is 0 Å². The molecule has 3 unspecified atom stereocenters. The highest BCUT2D eigenvalue weighted by atomic mass is 16.5. The van der Waals surface area contributed by atoms with Crippen molar-refractivity contribution >= 4 is 5.97 Å². The molecule has 0 aromatic heterocycles. The van der Waals surface area contributed by atoms with Crippen molar-refractivity contribution in [2.45, 2.75) is 45.3 Å². The van der Waals surface area contributed by atoms with E-state index in [0.717, 1.165) is 0 Å². The summed E-state index contributed by atoms with van der Waals surface area (Å²) < 4.78 is 4.78. The van der Waals surface area contributed by atoms with Crippen molar-refractivity contribution in [2.75, 3.05) is 6.61 Å². The topological polar surface area (TPSA) is 66.8 Å². The number of hydrogen-bond acceptors (Lipinski definition) is 4. The standard InChI is InChI=1S/C12H22O4/c1-4-6-7-10(13)12(15)9(3)8-11(14)16-5-2/h4,9-10,12-13,15H,1,5-8H2,2-3H3. The van der Waals surface area contributed by atoms with Crippen molar-refractivity contribution in [1.82, 2.24) is 0 Å². The number of carbonyl (C=O) groups is 1. The fourth-order valence-corrected chi connectivity index (χ4v) is 1.44. The van der Waals surface area contributed by atoms with Crippen LogP contribution in [0.15, 0.2) is 12.7 Å². The summed E-state index contributed by atoms with van der Waals surface area (Å²) in [5.41, 5.74) is 0. The van der Waals surface area contributed by atoms with Crippen LogP contribution in [0.4, 0.5) is 0 Å². The average molecular weight is 230 g/mol. The Hall–Kier alpha value is -0.870. The largest absolute Gasteiger partial charge is 0.466 e. The summed E-state index contributed by atoms with van der Waals surface area (Å²) in [4.78, 5) is 11.2. The molecule has 94 valence electrons. The van der Waals surface area contributed by atoms with Gasteiger partial charge in [-0.15, -0.1) is 6.58 Å². The molecule has 0 aliphatic carbocycles. The van der Waals surface area contributed by atoms with Gasteiger partial charge in [-0.25, -0.2) is 0 Å². The molecule has 3 atom stereocenters. The molecule has 0 rings (SSSR count). The molecule has 4 heteroatoms. The van der Waals surface area contributed by atoms with Gasteiger partial charge in [0.05, 0.1) is 25.2 Å². The Morgan fingerprint density at radius 3 is 2.62 bits per heavy atom. The van der Waals surface area contributed by atoms with Crippen molar-refractivity contribution < 1.29 is 19.7 Å². The van der Waals surface area contributed by atoms with Gasteiger partial charge < -0.3 is 14.9 Å². The predicted octanol–water partition coefficient (Wildman–Crippen LogP) is 1.26. The van der Waals surface area contributed by atoms with E-state index in [1.54, 1.807) is 19.9 Å². The maximum Gasteiger partial charge on any atom is 0.306 e. The second kappa shape index (κ2) is 8.30. The molecule has 0 radical (unpaired) electrons. The van der Waals surface area contributed by atoms with Gasteiger partial charge in [-0.3, -0.25) is 4.79 Å². The van der Waals surface area contributed by atoms with Crippen LogP contribution in [-0.2, 0) is 9.53 Å². The maximum atomic E-state index is 11.2. The summed E-state index contributed by atoms with van der Waals surface area (Å²) in [6, 6.07) is 0. The smallest absolute Gasteiger partial charge is 0.306 e. The third-order valence-electron chi connectivity index (χ3n) is 2.44. The molecule has 0 amide bonds. The maximum absolute atomic E-state index is 11.2. The van der Waals surface area contributed by atoms with Gasteiger partial charge in [0.1, 0.15) is 0 Å².